The van der Waals surface area contributed by atoms with E-state index in [0.717, 1.165) is 23.2 Å². The second-order valence-corrected chi connectivity index (χ2v) is 4.47. The van der Waals surface area contributed by atoms with Crippen molar-refractivity contribution in [3.8, 4) is 0 Å². The topological polar surface area (TPSA) is 58.0 Å². The van der Waals surface area contributed by atoms with Crippen LogP contribution >= 0.6 is 0 Å². The first-order chi connectivity index (χ1) is 9.24. The van der Waals surface area contributed by atoms with Gasteiger partial charge in [0.05, 0.1) is 5.52 Å². The molecule has 0 saturated heterocycles. The fourth-order valence-corrected chi connectivity index (χ4v) is 2.13. The van der Waals surface area contributed by atoms with Crippen LogP contribution in [0.5, 0.6) is 0 Å². The second kappa shape index (κ2) is 4.65. The molecule has 0 amide bonds. The average Bonchev–Trinajstić information content (AvgIpc) is 2.79. The molecular weight excluding hydrogens is 240 g/mol. The number of nitrogens with one attached hydrogen (secondary N) is 2. The maximum Gasteiger partial charge on any atom is 0.417 e. The van der Waals surface area contributed by atoms with E-state index in [9.17, 15) is 4.79 Å². The molecule has 0 atom stereocenters. The third-order valence-electron chi connectivity index (χ3n) is 3.13. The highest BCUT2D eigenvalue weighted by Gasteiger charge is 2.03. The smallest absolute Gasteiger partial charge is 0.408 e. The van der Waals surface area contributed by atoms with Gasteiger partial charge in [-0.25, -0.2) is 4.79 Å². The summed E-state index contributed by atoms with van der Waals surface area (Å²) in [5, 5.41) is 3.09. The van der Waals surface area contributed by atoms with Gasteiger partial charge in [0.2, 0.25) is 0 Å². The fraction of sp³-hybridized carbons (Fsp3) is 0.133. The second-order valence-electron chi connectivity index (χ2n) is 4.47. The van der Waals surface area contributed by atoms with E-state index < -0.39 is 5.76 Å². The lowest BCUT2D eigenvalue weighted by Gasteiger charge is -2.04. The lowest BCUT2D eigenvalue weighted by molar-refractivity contribution is 0.555. The fourth-order valence-electron chi connectivity index (χ4n) is 2.13. The minimum Gasteiger partial charge on any atom is -0.408 e. The number of rotatable bonds is 3. The Morgan fingerprint density at radius 1 is 1.11 bits per heavy atom. The quantitative estimate of drug-likeness (QED) is 0.755. The van der Waals surface area contributed by atoms with Gasteiger partial charge in [-0.05, 0) is 41.8 Å². The molecule has 3 rings (SSSR count). The van der Waals surface area contributed by atoms with Gasteiger partial charge in [-0.1, -0.05) is 18.2 Å². The number of benzene rings is 2. The lowest BCUT2D eigenvalue weighted by atomic mass is 10.0. The molecular formula is C15H14N2O2. The number of H-pyrrole nitrogens is 1. The highest BCUT2D eigenvalue weighted by molar-refractivity contribution is 5.72. The lowest BCUT2D eigenvalue weighted by Crippen LogP contribution is -1.93. The highest BCUT2D eigenvalue weighted by Crippen LogP contribution is 2.17. The van der Waals surface area contributed by atoms with Crippen LogP contribution in [-0.4, -0.2) is 12.0 Å². The number of aromatic amines is 1. The third-order valence-corrected chi connectivity index (χ3v) is 3.13. The molecule has 96 valence electrons. The van der Waals surface area contributed by atoms with Crippen molar-refractivity contribution < 1.29 is 4.42 Å². The van der Waals surface area contributed by atoms with Gasteiger partial charge in [0.25, 0.3) is 0 Å². The monoisotopic (exact) mass is 254 g/mol. The van der Waals surface area contributed by atoms with Gasteiger partial charge in [-0.2, -0.15) is 0 Å². The Hall–Kier alpha value is -2.49. The van der Waals surface area contributed by atoms with E-state index in [-0.39, 0.29) is 0 Å². The number of hydrogen-bond acceptors (Lipinski definition) is 3. The molecule has 0 saturated carbocycles. The first-order valence-electron chi connectivity index (χ1n) is 6.13. The van der Waals surface area contributed by atoms with Crippen molar-refractivity contribution in [3.63, 3.8) is 0 Å². The zero-order valence-corrected chi connectivity index (χ0v) is 10.6. The van der Waals surface area contributed by atoms with Crippen molar-refractivity contribution in [3.05, 3.63) is 64.1 Å². The SMILES string of the molecule is CNc1ccc(Cc2ccc3oc(=O)[nH]c3c2)cc1. The van der Waals surface area contributed by atoms with Crippen LogP contribution in [-0.2, 0) is 6.42 Å². The number of fused-ring (bicyclic) bond motifs is 1. The van der Waals surface area contributed by atoms with Crippen LogP contribution in [0.2, 0.25) is 0 Å². The van der Waals surface area contributed by atoms with Gasteiger partial charge >= 0.3 is 5.76 Å². The van der Waals surface area contributed by atoms with E-state index >= 15 is 0 Å². The predicted octanol–water partition coefficient (Wildman–Crippen LogP) is 2.75. The first kappa shape index (κ1) is 11.6. The molecule has 4 nitrogen and oxygen atoms in total. The van der Waals surface area contributed by atoms with E-state index in [0.29, 0.717) is 5.58 Å². The molecule has 19 heavy (non-hydrogen) atoms. The molecule has 0 bridgehead atoms. The van der Waals surface area contributed by atoms with Crippen LogP contribution in [0.15, 0.2) is 51.7 Å². The summed E-state index contributed by atoms with van der Waals surface area (Å²) in [6, 6.07) is 14.0. The van der Waals surface area contributed by atoms with Crippen molar-refractivity contribution in [2.45, 2.75) is 6.42 Å². The molecule has 0 aliphatic heterocycles. The molecule has 4 heteroatoms. The number of oxazole rings is 1. The Morgan fingerprint density at radius 3 is 2.58 bits per heavy atom. The molecule has 0 aliphatic carbocycles. The molecule has 1 heterocycles. The Morgan fingerprint density at radius 2 is 1.84 bits per heavy atom. The average molecular weight is 254 g/mol. The molecule has 0 aliphatic rings. The first-order valence-corrected chi connectivity index (χ1v) is 6.13. The summed E-state index contributed by atoms with van der Waals surface area (Å²) >= 11 is 0. The zero-order chi connectivity index (χ0) is 13.2. The molecule has 0 spiro atoms. The summed E-state index contributed by atoms with van der Waals surface area (Å²) in [4.78, 5) is 13.8. The predicted molar refractivity (Wildman–Crippen MR) is 75.6 cm³/mol. The largest absolute Gasteiger partial charge is 0.417 e. The molecule has 0 unspecified atom stereocenters. The molecule has 2 N–H and O–H groups in total. The summed E-state index contributed by atoms with van der Waals surface area (Å²) in [7, 11) is 1.90. The number of anilines is 1. The Labute approximate surface area is 110 Å². The summed E-state index contributed by atoms with van der Waals surface area (Å²) in [6.45, 7) is 0. The van der Waals surface area contributed by atoms with E-state index in [4.69, 9.17) is 4.42 Å². The Bertz CT molecular complexity index is 754. The van der Waals surface area contributed by atoms with Gasteiger partial charge in [0.1, 0.15) is 0 Å². The summed E-state index contributed by atoms with van der Waals surface area (Å²) in [5.74, 6) is -0.412. The van der Waals surface area contributed by atoms with Gasteiger partial charge in [-0.3, -0.25) is 4.98 Å². The molecule has 0 radical (unpaired) electrons. The van der Waals surface area contributed by atoms with Crippen LogP contribution in [0.3, 0.4) is 0 Å². The van der Waals surface area contributed by atoms with E-state index in [1.165, 1.54) is 5.56 Å². The van der Waals surface area contributed by atoms with Crippen LogP contribution in [0.4, 0.5) is 5.69 Å². The Kier molecular flexibility index (Phi) is 2.83. The molecule has 1 aromatic heterocycles. The van der Waals surface area contributed by atoms with Crippen LogP contribution in [0.1, 0.15) is 11.1 Å². The van der Waals surface area contributed by atoms with Gasteiger partial charge in [0, 0.05) is 12.7 Å². The van der Waals surface area contributed by atoms with Crippen LogP contribution < -0.4 is 11.1 Å². The van der Waals surface area contributed by atoms with Gasteiger partial charge in [0.15, 0.2) is 5.58 Å². The molecule has 2 aromatic carbocycles. The number of hydrogen-bond donors (Lipinski definition) is 2. The Balaban J connectivity index is 1.89. The normalized spacial score (nSPS) is 10.8. The minimum atomic E-state index is -0.412. The summed E-state index contributed by atoms with van der Waals surface area (Å²) in [5.41, 5.74) is 4.80. The van der Waals surface area contributed by atoms with Crippen molar-refractivity contribution in [2.24, 2.45) is 0 Å². The molecule has 3 aromatic rings. The van der Waals surface area contributed by atoms with Crippen LogP contribution in [0.25, 0.3) is 11.1 Å². The zero-order valence-electron chi connectivity index (χ0n) is 10.6. The minimum absolute atomic E-state index is 0.412. The molecule has 0 fully saturated rings. The summed E-state index contributed by atoms with van der Waals surface area (Å²) < 4.78 is 4.98. The standard InChI is InChI=1S/C15H14N2O2/c1-16-12-5-2-10(3-6-12)8-11-4-7-14-13(9-11)17-15(18)19-14/h2-7,9,16H,8H2,1H3,(H,17,18). The summed E-state index contributed by atoms with van der Waals surface area (Å²) in [6.07, 6.45) is 0.827. The van der Waals surface area contributed by atoms with Gasteiger partial charge < -0.3 is 9.73 Å². The maximum atomic E-state index is 11.1. The van der Waals surface area contributed by atoms with E-state index in [1.807, 2.05) is 37.4 Å². The third kappa shape index (κ3) is 2.38. The van der Waals surface area contributed by atoms with Crippen molar-refractivity contribution in [1.82, 2.24) is 4.98 Å². The van der Waals surface area contributed by atoms with Crippen molar-refractivity contribution in [2.75, 3.05) is 12.4 Å². The number of aromatic nitrogens is 1. The maximum absolute atomic E-state index is 11.1. The van der Waals surface area contributed by atoms with Crippen molar-refractivity contribution >= 4 is 16.8 Å². The van der Waals surface area contributed by atoms with E-state index in [1.54, 1.807) is 0 Å². The van der Waals surface area contributed by atoms with E-state index in [2.05, 4.69) is 22.4 Å². The highest BCUT2D eigenvalue weighted by atomic mass is 16.4. The van der Waals surface area contributed by atoms with Crippen LogP contribution in [0, 0.1) is 0 Å². The van der Waals surface area contributed by atoms with Crippen molar-refractivity contribution in [1.29, 1.82) is 0 Å². The van der Waals surface area contributed by atoms with Gasteiger partial charge in [-0.15, -0.1) is 0 Å².